The van der Waals surface area contributed by atoms with Crippen LogP contribution in [0.25, 0.3) is 0 Å². The maximum absolute atomic E-state index is 5.50. The van der Waals surface area contributed by atoms with Crippen LogP contribution < -0.4 is 10.5 Å². The Hall–Kier alpha value is -1.35. The zero-order chi connectivity index (χ0) is 11.1. The molecule has 0 fully saturated rings. The molecule has 3 nitrogen and oxygen atoms in total. The van der Waals surface area contributed by atoms with E-state index in [1.54, 1.807) is 6.20 Å². The molecule has 0 unspecified atom stereocenters. The minimum Gasteiger partial charge on any atom is -0.492 e. The number of ether oxygens (including phenoxy) is 1. The average Bonchev–Trinajstić information content (AvgIpc) is 2.20. The van der Waals surface area contributed by atoms with Gasteiger partial charge in [0.25, 0.3) is 0 Å². The molecule has 0 atom stereocenters. The van der Waals surface area contributed by atoms with E-state index < -0.39 is 0 Å². The van der Waals surface area contributed by atoms with E-state index in [1.165, 1.54) is 0 Å². The van der Waals surface area contributed by atoms with Crippen molar-refractivity contribution in [2.75, 3.05) is 13.2 Å². The fourth-order valence-electron chi connectivity index (χ4n) is 1.14. The summed E-state index contributed by atoms with van der Waals surface area (Å²) in [6.07, 6.45) is 3.43. The zero-order valence-corrected chi connectivity index (χ0v) is 9.20. The van der Waals surface area contributed by atoms with Crippen molar-refractivity contribution in [1.29, 1.82) is 0 Å². The van der Waals surface area contributed by atoms with Crippen LogP contribution in [0.15, 0.2) is 30.5 Å². The quantitative estimate of drug-likeness (QED) is 0.723. The lowest BCUT2D eigenvalue weighted by atomic mass is 10.2. The van der Waals surface area contributed by atoms with Gasteiger partial charge in [-0.15, -0.1) is 6.58 Å². The third-order valence-corrected chi connectivity index (χ3v) is 2.00. The summed E-state index contributed by atoms with van der Waals surface area (Å²) in [6.45, 7) is 7.10. The van der Waals surface area contributed by atoms with Gasteiger partial charge in [-0.05, 0) is 25.6 Å². The van der Waals surface area contributed by atoms with E-state index in [2.05, 4.69) is 11.6 Å². The lowest BCUT2D eigenvalue weighted by molar-refractivity contribution is 0.320. The second kappa shape index (κ2) is 6.19. The van der Waals surface area contributed by atoms with Gasteiger partial charge in [0, 0.05) is 18.5 Å². The summed E-state index contributed by atoms with van der Waals surface area (Å²) < 4.78 is 5.50. The molecular weight excluding hydrogens is 188 g/mol. The lowest BCUT2D eigenvalue weighted by Crippen LogP contribution is -2.04. The van der Waals surface area contributed by atoms with Gasteiger partial charge in [0.05, 0.1) is 12.8 Å². The van der Waals surface area contributed by atoms with Crippen LogP contribution in [0.5, 0.6) is 5.75 Å². The van der Waals surface area contributed by atoms with E-state index in [1.807, 2.05) is 19.1 Å². The second-order valence-corrected chi connectivity index (χ2v) is 3.58. The third-order valence-electron chi connectivity index (χ3n) is 2.00. The Morgan fingerprint density at radius 3 is 2.87 bits per heavy atom. The molecule has 1 aromatic rings. The molecule has 0 saturated heterocycles. The summed E-state index contributed by atoms with van der Waals surface area (Å²) in [5.74, 6) is 0.803. The van der Waals surface area contributed by atoms with Gasteiger partial charge in [-0.3, -0.25) is 4.98 Å². The molecule has 0 aliphatic carbocycles. The van der Waals surface area contributed by atoms with E-state index in [0.29, 0.717) is 13.2 Å². The highest BCUT2D eigenvalue weighted by molar-refractivity contribution is 5.20. The number of hydrogen-bond acceptors (Lipinski definition) is 3. The van der Waals surface area contributed by atoms with Crippen LogP contribution in [0, 0.1) is 0 Å². The van der Waals surface area contributed by atoms with E-state index >= 15 is 0 Å². The molecule has 0 aromatic carbocycles. The van der Waals surface area contributed by atoms with Crippen molar-refractivity contribution < 1.29 is 4.74 Å². The zero-order valence-electron chi connectivity index (χ0n) is 9.20. The maximum atomic E-state index is 5.50. The molecule has 15 heavy (non-hydrogen) atoms. The summed E-state index contributed by atoms with van der Waals surface area (Å²) in [5, 5.41) is 0. The molecule has 3 heteroatoms. The van der Waals surface area contributed by atoms with Gasteiger partial charge in [0.2, 0.25) is 0 Å². The second-order valence-electron chi connectivity index (χ2n) is 3.58. The Bertz CT molecular complexity index is 306. The van der Waals surface area contributed by atoms with E-state index in [0.717, 1.165) is 29.9 Å². The van der Waals surface area contributed by atoms with Crippen molar-refractivity contribution in [2.24, 2.45) is 5.73 Å². The minimum absolute atomic E-state index is 0.628. The summed E-state index contributed by atoms with van der Waals surface area (Å²) in [6, 6.07) is 3.87. The molecule has 1 heterocycles. The van der Waals surface area contributed by atoms with Crippen LogP contribution in [0.4, 0.5) is 0 Å². The Kier molecular flexibility index (Phi) is 4.84. The van der Waals surface area contributed by atoms with Crippen molar-refractivity contribution in [3.63, 3.8) is 0 Å². The van der Waals surface area contributed by atoms with Crippen molar-refractivity contribution in [3.05, 3.63) is 36.2 Å². The van der Waals surface area contributed by atoms with Gasteiger partial charge < -0.3 is 10.5 Å². The highest BCUT2D eigenvalue weighted by atomic mass is 16.5. The molecule has 0 bridgehead atoms. The molecule has 0 aliphatic heterocycles. The molecule has 0 radical (unpaired) electrons. The van der Waals surface area contributed by atoms with Crippen molar-refractivity contribution in [2.45, 2.75) is 19.8 Å². The first-order valence-corrected chi connectivity index (χ1v) is 5.14. The largest absolute Gasteiger partial charge is 0.492 e. The lowest BCUT2D eigenvalue weighted by Gasteiger charge is -2.06. The highest BCUT2D eigenvalue weighted by Crippen LogP contribution is 2.10. The fourth-order valence-corrected chi connectivity index (χ4v) is 1.14. The van der Waals surface area contributed by atoms with Crippen molar-refractivity contribution in [1.82, 2.24) is 4.98 Å². The maximum Gasteiger partial charge on any atom is 0.137 e. The van der Waals surface area contributed by atoms with Crippen LogP contribution in [0.2, 0.25) is 0 Å². The van der Waals surface area contributed by atoms with E-state index in [4.69, 9.17) is 10.5 Å². The number of nitrogens with zero attached hydrogens (tertiary/aromatic N) is 1. The van der Waals surface area contributed by atoms with Crippen LogP contribution in [-0.4, -0.2) is 18.1 Å². The van der Waals surface area contributed by atoms with Gasteiger partial charge in [-0.1, -0.05) is 5.57 Å². The molecular formula is C12H18N2O. The Morgan fingerprint density at radius 1 is 1.53 bits per heavy atom. The van der Waals surface area contributed by atoms with E-state index in [9.17, 15) is 0 Å². The van der Waals surface area contributed by atoms with Gasteiger partial charge in [0.1, 0.15) is 5.75 Å². The van der Waals surface area contributed by atoms with E-state index in [-0.39, 0.29) is 0 Å². The van der Waals surface area contributed by atoms with Gasteiger partial charge in [-0.2, -0.15) is 0 Å². The number of pyridine rings is 1. The average molecular weight is 206 g/mol. The number of nitrogens with two attached hydrogens (primary N) is 1. The SMILES string of the molecule is C=C(C)CCOc1ccc(CCN)nc1. The molecule has 2 N–H and O–H groups in total. The highest BCUT2D eigenvalue weighted by Gasteiger charge is 1.96. The summed E-state index contributed by atoms with van der Waals surface area (Å²) in [4.78, 5) is 4.24. The van der Waals surface area contributed by atoms with Crippen molar-refractivity contribution in [3.8, 4) is 5.75 Å². The number of rotatable bonds is 6. The predicted molar refractivity (Wildman–Crippen MR) is 61.9 cm³/mol. The molecule has 1 aromatic heterocycles. The predicted octanol–water partition coefficient (Wildman–Crippen LogP) is 1.93. The topological polar surface area (TPSA) is 48.1 Å². The summed E-state index contributed by atoms with van der Waals surface area (Å²) >= 11 is 0. The first kappa shape index (κ1) is 11.7. The minimum atomic E-state index is 0.628. The Labute approximate surface area is 91.0 Å². The molecule has 82 valence electrons. The van der Waals surface area contributed by atoms with Gasteiger partial charge in [0.15, 0.2) is 0 Å². The first-order valence-electron chi connectivity index (χ1n) is 5.14. The molecule has 0 spiro atoms. The number of aromatic nitrogens is 1. The molecule has 0 saturated carbocycles. The van der Waals surface area contributed by atoms with Gasteiger partial charge in [-0.25, -0.2) is 0 Å². The number of hydrogen-bond donors (Lipinski definition) is 1. The van der Waals surface area contributed by atoms with Gasteiger partial charge >= 0.3 is 0 Å². The smallest absolute Gasteiger partial charge is 0.137 e. The van der Waals surface area contributed by atoms with Crippen LogP contribution in [0.3, 0.4) is 0 Å². The summed E-state index contributed by atoms with van der Waals surface area (Å²) in [5.41, 5.74) is 7.56. The third kappa shape index (κ3) is 4.61. The first-order chi connectivity index (χ1) is 7.22. The van der Waals surface area contributed by atoms with Crippen LogP contribution >= 0.6 is 0 Å². The van der Waals surface area contributed by atoms with Crippen LogP contribution in [-0.2, 0) is 6.42 Å². The fraction of sp³-hybridized carbons (Fsp3) is 0.417. The molecule has 0 amide bonds. The van der Waals surface area contributed by atoms with Crippen LogP contribution in [0.1, 0.15) is 19.0 Å². The normalized spacial score (nSPS) is 10.0. The molecule has 1 rings (SSSR count). The molecule has 0 aliphatic rings. The summed E-state index contributed by atoms with van der Waals surface area (Å²) in [7, 11) is 0. The Morgan fingerprint density at radius 2 is 2.33 bits per heavy atom. The monoisotopic (exact) mass is 206 g/mol. The standard InChI is InChI=1S/C12H18N2O/c1-10(2)6-8-15-12-4-3-11(5-7-13)14-9-12/h3-4,9H,1,5-8,13H2,2H3. The van der Waals surface area contributed by atoms with Crippen molar-refractivity contribution >= 4 is 0 Å². The Balaban J connectivity index is 2.39.